The average Bonchev–Trinajstić information content (AvgIpc) is 3.44. The SMILES string of the molecule is CNCC1CNC23C4CCCCCCCC(C4)C4CCCCCCC1(C4)N2NC(N)C3C(=O)Nc1cnccc1OC1CCCCC1. The number of rotatable bonds is 6. The number of nitrogens with zero attached hydrogens (tertiary/aromatic N) is 2. The zero-order chi connectivity index (χ0) is 32.3. The lowest BCUT2D eigenvalue weighted by Crippen LogP contribution is -2.80. The van der Waals surface area contributed by atoms with Gasteiger partial charge >= 0.3 is 0 Å². The van der Waals surface area contributed by atoms with Gasteiger partial charge in [-0.25, -0.2) is 10.4 Å². The summed E-state index contributed by atoms with van der Waals surface area (Å²) >= 11 is 0. The molecule has 8 atom stereocenters. The molecule has 3 saturated carbocycles. The Balaban J connectivity index is 1.28. The Hall–Kier alpha value is -1.78. The largest absolute Gasteiger partial charge is 0.488 e. The minimum absolute atomic E-state index is 0.0162. The number of nitrogens with one attached hydrogen (secondary N) is 4. The fourth-order valence-corrected chi connectivity index (χ4v) is 11.3. The van der Waals surface area contributed by atoms with Crippen LogP contribution in [0.5, 0.6) is 5.75 Å². The van der Waals surface area contributed by atoms with Crippen molar-refractivity contribution in [2.75, 3.05) is 25.5 Å². The molecule has 5 bridgehead atoms. The molecule has 8 unspecified atom stereocenters. The highest BCUT2D eigenvalue weighted by Gasteiger charge is 2.69. The van der Waals surface area contributed by atoms with Crippen LogP contribution in [0.3, 0.4) is 0 Å². The molecule has 6 N–H and O–H groups in total. The molecule has 47 heavy (non-hydrogen) atoms. The van der Waals surface area contributed by atoms with Crippen molar-refractivity contribution in [3.63, 3.8) is 0 Å². The molecule has 1 spiro atoms. The third-order valence-electron chi connectivity index (χ3n) is 13.5. The van der Waals surface area contributed by atoms with Crippen LogP contribution in [-0.2, 0) is 4.79 Å². The zero-order valence-corrected chi connectivity index (χ0v) is 29.1. The number of hydrogen-bond acceptors (Lipinski definition) is 8. The Bertz CT molecular complexity index is 1190. The molecule has 1 aromatic rings. The van der Waals surface area contributed by atoms with E-state index in [-0.39, 0.29) is 17.6 Å². The molecule has 0 aromatic carbocycles. The number of carbonyl (C=O) groups is 1. The smallest absolute Gasteiger partial charge is 0.233 e. The normalized spacial score (nSPS) is 38.9. The topological polar surface area (TPSA) is 117 Å². The van der Waals surface area contributed by atoms with Crippen LogP contribution in [0.2, 0.25) is 0 Å². The monoisotopic (exact) mass is 650 g/mol. The van der Waals surface area contributed by atoms with E-state index in [0.29, 0.717) is 23.4 Å². The highest BCUT2D eigenvalue weighted by atomic mass is 16.5. The fraction of sp³-hybridized carbons (Fsp3) is 0.842. The molecule has 4 heterocycles. The molecule has 1 aromatic heterocycles. The minimum Gasteiger partial charge on any atom is -0.488 e. The lowest BCUT2D eigenvalue weighted by atomic mass is 9.59. The minimum atomic E-state index is -0.545. The first-order valence-electron chi connectivity index (χ1n) is 19.7. The molecule has 9 heteroatoms. The van der Waals surface area contributed by atoms with E-state index >= 15 is 0 Å². The molecule has 9 nitrogen and oxygen atoms in total. The quantitative estimate of drug-likeness (QED) is 0.252. The summed E-state index contributed by atoms with van der Waals surface area (Å²) in [5.74, 6) is 2.47. The van der Waals surface area contributed by atoms with Crippen LogP contribution >= 0.6 is 0 Å². The Labute approximate surface area is 283 Å². The van der Waals surface area contributed by atoms with Gasteiger partial charge in [-0.15, -0.1) is 0 Å². The summed E-state index contributed by atoms with van der Waals surface area (Å²) in [5, 5.41) is 13.8. The average molecular weight is 650 g/mol. The van der Waals surface area contributed by atoms with Gasteiger partial charge in [0.15, 0.2) is 0 Å². The van der Waals surface area contributed by atoms with Gasteiger partial charge in [0.1, 0.15) is 23.0 Å². The number of aromatic nitrogens is 1. The van der Waals surface area contributed by atoms with Crippen molar-refractivity contribution in [2.45, 2.75) is 152 Å². The third kappa shape index (κ3) is 6.61. The predicted octanol–water partition coefficient (Wildman–Crippen LogP) is 6.07. The maximum atomic E-state index is 14.9. The predicted molar refractivity (Wildman–Crippen MR) is 187 cm³/mol. The summed E-state index contributed by atoms with van der Waals surface area (Å²) in [5.41, 5.74) is 11.2. The van der Waals surface area contributed by atoms with E-state index in [1.165, 1.54) is 103 Å². The van der Waals surface area contributed by atoms with Gasteiger partial charge < -0.3 is 21.1 Å². The Kier molecular flexibility index (Phi) is 10.8. The molecule has 1 amide bonds. The second kappa shape index (κ2) is 15.0. The number of nitrogens with two attached hydrogens (primary N) is 1. The number of ether oxygens (including phenoxy) is 1. The molecular formula is C38H63N7O2. The number of hydrogen-bond donors (Lipinski definition) is 5. The second-order valence-electron chi connectivity index (χ2n) is 16.2. The molecule has 262 valence electrons. The fourth-order valence-electron chi connectivity index (χ4n) is 11.3. The first-order valence-corrected chi connectivity index (χ1v) is 19.7. The zero-order valence-electron chi connectivity index (χ0n) is 29.1. The maximum Gasteiger partial charge on any atom is 0.233 e. The number of carbonyl (C=O) groups excluding carboxylic acids is 1. The van der Waals surface area contributed by atoms with E-state index in [1.807, 2.05) is 6.07 Å². The molecular weight excluding hydrogens is 586 g/mol. The standard InChI is InChI=1S/C38H63N7O2/c1-40-24-30-25-42-38-29-16-10-4-2-3-8-14-27(22-29)28-15-9-5-6-13-20-37(30,23-28)45(38)44-35(39)34(38)36(46)43-32-26-41-21-19-33(32)47-31-17-11-7-12-18-31/h19,21,26-31,34-35,40,42,44H,2-18,20,22-25,39H2,1H3,(H,43,46). The van der Waals surface area contributed by atoms with Crippen LogP contribution in [0, 0.1) is 29.6 Å². The van der Waals surface area contributed by atoms with Gasteiger partial charge in [-0.3, -0.25) is 15.1 Å². The third-order valence-corrected chi connectivity index (χ3v) is 13.5. The van der Waals surface area contributed by atoms with E-state index in [0.717, 1.165) is 50.4 Å². The van der Waals surface area contributed by atoms with Crippen LogP contribution < -0.4 is 31.8 Å². The van der Waals surface area contributed by atoms with E-state index in [9.17, 15) is 4.79 Å². The van der Waals surface area contributed by atoms with Crippen LogP contribution in [0.4, 0.5) is 5.69 Å². The highest BCUT2D eigenvalue weighted by molar-refractivity contribution is 5.95. The lowest BCUT2D eigenvalue weighted by molar-refractivity contribution is -0.181. The van der Waals surface area contributed by atoms with Gasteiger partial charge in [-0.1, -0.05) is 77.0 Å². The van der Waals surface area contributed by atoms with Crippen molar-refractivity contribution in [2.24, 2.45) is 35.3 Å². The summed E-state index contributed by atoms with van der Waals surface area (Å²) in [6.07, 6.45) is 28.2. The first-order chi connectivity index (χ1) is 23.0. The van der Waals surface area contributed by atoms with Crippen molar-refractivity contribution >= 4 is 11.6 Å². The van der Waals surface area contributed by atoms with Crippen molar-refractivity contribution in [1.29, 1.82) is 0 Å². The molecule has 3 aliphatic heterocycles. The Morgan fingerprint density at radius 1 is 0.979 bits per heavy atom. The molecule has 6 fully saturated rings. The molecule has 7 rings (SSSR count). The number of fused-ring (bicyclic) bond motifs is 4. The lowest BCUT2D eigenvalue weighted by Gasteiger charge is -2.64. The Morgan fingerprint density at radius 3 is 2.49 bits per heavy atom. The van der Waals surface area contributed by atoms with E-state index in [1.54, 1.807) is 12.4 Å². The summed E-state index contributed by atoms with van der Waals surface area (Å²) < 4.78 is 6.52. The number of hydrazine groups is 1. The molecule has 3 saturated heterocycles. The van der Waals surface area contributed by atoms with Crippen LogP contribution in [0.25, 0.3) is 0 Å². The van der Waals surface area contributed by atoms with Gasteiger partial charge in [0, 0.05) is 36.8 Å². The molecule has 6 aliphatic rings. The van der Waals surface area contributed by atoms with Gasteiger partial charge in [0.05, 0.1) is 18.5 Å². The molecule has 3 aliphatic carbocycles. The Morgan fingerprint density at radius 2 is 1.68 bits per heavy atom. The second-order valence-corrected chi connectivity index (χ2v) is 16.2. The number of pyridine rings is 1. The van der Waals surface area contributed by atoms with Crippen molar-refractivity contribution in [3.05, 3.63) is 18.5 Å². The summed E-state index contributed by atoms with van der Waals surface area (Å²) in [4.78, 5) is 19.3. The van der Waals surface area contributed by atoms with E-state index < -0.39 is 17.7 Å². The summed E-state index contributed by atoms with van der Waals surface area (Å²) in [6, 6.07) is 1.91. The summed E-state index contributed by atoms with van der Waals surface area (Å²) in [7, 11) is 2.10. The number of amides is 1. The van der Waals surface area contributed by atoms with Gasteiger partial charge in [-0.05, 0) is 76.2 Å². The number of anilines is 1. The van der Waals surface area contributed by atoms with E-state index in [4.69, 9.17) is 10.5 Å². The maximum absolute atomic E-state index is 14.9. The van der Waals surface area contributed by atoms with Crippen LogP contribution in [0.1, 0.15) is 128 Å². The van der Waals surface area contributed by atoms with Crippen molar-refractivity contribution in [3.8, 4) is 5.75 Å². The van der Waals surface area contributed by atoms with Crippen molar-refractivity contribution < 1.29 is 9.53 Å². The van der Waals surface area contributed by atoms with E-state index in [2.05, 4.69) is 38.4 Å². The van der Waals surface area contributed by atoms with Gasteiger partial charge in [0.25, 0.3) is 0 Å². The first kappa shape index (κ1) is 33.7. The summed E-state index contributed by atoms with van der Waals surface area (Å²) in [6.45, 7) is 1.87. The van der Waals surface area contributed by atoms with Crippen molar-refractivity contribution in [1.82, 2.24) is 26.1 Å². The van der Waals surface area contributed by atoms with Gasteiger partial charge in [-0.2, -0.15) is 0 Å². The van der Waals surface area contributed by atoms with Crippen LogP contribution in [0.15, 0.2) is 18.5 Å². The highest BCUT2D eigenvalue weighted by Crippen LogP contribution is 2.57. The molecule has 0 radical (unpaired) electrons. The van der Waals surface area contributed by atoms with Crippen LogP contribution in [-0.4, -0.2) is 59.5 Å². The van der Waals surface area contributed by atoms with Gasteiger partial charge in [0.2, 0.25) is 5.91 Å².